The average molecular weight is 268 g/mol. The summed E-state index contributed by atoms with van der Waals surface area (Å²) in [7, 11) is -1.14. The zero-order chi connectivity index (χ0) is 13.3. The smallest absolute Gasteiger partial charge is 0.152 e. The van der Waals surface area contributed by atoms with Crippen LogP contribution in [0.15, 0.2) is 18.3 Å². The summed E-state index contributed by atoms with van der Waals surface area (Å²) < 4.78 is 23.0. The molecule has 6 nitrogen and oxygen atoms in total. The molecule has 1 atom stereocenters. The predicted octanol–water partition coefficient (Wildman–Crippen LogP) is -0.0110. The van der Waals surface area contributed by atoms with Gasteiger partial charge in [-0.1, -0.05) is 0 Å². The Kier molecular flexibility index (Phi) is 3.25. The molecule has 0 aliphatic carbocycles. The highest BCUT2D eigenvalue weighted by atomic mass is 32.2. The first kappa shape index (κ1) is 12.8. The van der Waals surface area contributed by atoms with Gasteiger partial charge in [0.1, 0.15) is 11.7 Å². The molecule has 1 unspecified atom stereocenters. The van der Waals surface area contributed by atoms with Gasteiger partial charge < -0.3 is 10.6 Å². The van der Waals surface area contributed by atoms with Crippen molar-refractivity contribution in [3.63, 3.8) is 0 Å². The number of anilines is 1. The number of rotatable bonds is 3. The molecule has 0 saturated carbocycles. The molecule has 3 N–H and O–H groups in total. The maximum absolute atomic E-state index is 11.5. The lowest BCUT2D eigenvalue weighted by Gasteiger charge is -2.26. The second-order valence-electron chi connectivity index (χ2n) is 4.46. The van der Waals surface area contributed by atoms with E-state index in [-0.39, 0.29) is 23.4 Å². The molecule has 1 aromatic heterocycles. The van der Waals surface area contributed by atoms with Crippen LogP contribution >= 0.6 is 0 Å². The normalized spacial score (nSPS) is 21.7. The molecule has 98 valence electrons. The third-order valence-electron chi connectivity index (χ3n) is 3.17. The van der Waals surface area contributed by atoms with Crippen molar-refractivity contribution in [2.24, 2.45) is 5.73 Å². The summed E-state index contributed by atoms with van der Waals surface area (Å²) in [6.07, 6.45) is 2.20. The van der Waals surface area contributed by atoms with Gasteiger partial charge in [-0.2, -0.15) is 0 Å². The fourth-order valence-electron chi connectivity index (χ4n) is 2.14. The van der Waals surface area contributed by atoms with Crippen molar-refractivity contribution >= 4 is 21.5 Å². The second kappa shape index (κ2) is 4.56. The van der Waals surface area contributed by atoms with E-state index in [1.807, 2.05) is 0 Å². The number of nitrogen functional groups attached to an aromatic ring is 1. The van der Waals surface area contributed by atoms with E-state index in [1.165, 1.54) is 0 Å². The zero-order valence-corrected chi connectivity index (χ0v) is 10.9. The minimum Gasteiger partial charge on any atom is -0.384 e. The molecule has 1 aromatic rings. The number of aromatic nitrogens is 1. The van der Waals surface area contributed by atoms with Crippen molar-refractivity contribution in [3.8, 4) is 0 Å². The molecule has 0 amide bonds. The topological polar surface area (TPSA) is 100 Å². The van der Waals surface area contributed by atoms with Crippen molar-refractivity contribution in [2.45, 2.75) is 12.5 Å². The summed E-state index contributed by atoms with van der Waals surface area (Å²) in [5, 5.41) is 7.51. The fourth-order valence-corrected chi connectivity index (χ4v) is 3.92. The second-order valence-corrected chi connectivity index (χ2v) is 6.68. The van der Waals surface area contributed by atoms with Crippen LogP contribution in [0.3, 0.4) is 0 Å². The first-order valence-electron chi connectivity index (χ1n) is 5.63. The van der Waals surface area contributed by atoms with Gasteiger partial charge in [0.15, 0.2) is 9.84 Å². The molecular formula is C11H16N4O2S. The Hall–Kier alpha value is -1.63. The number of pyridine rings is 1. The van der Waals surface area contributed by atoms with Gasteiger partial charge in [-0.15, -0.1) is 0 Å². The minimum absolute atomic E-state index is 0.0641. The number of nitrogens with two attached hydrogens (primary N) is 1. The maximum atomic E-state index is 11.5. The zero-order valence-electron chi connectivity index (χ0n) is 10.1. The van der Waals surface area contributed by atoms with Gasteiger partial charge >= 0.3 is 0 Å². The Balaban J connectivity index is 2.30. The average Bonchev–Trinajstić information content (AvgIpc) is 2.68. The maximum Gasteiger partial charge on any atom is 0.152 e. The molecule has 0 bridgehead atoms. The molecule has 2 heterocycles. The van der Waals surface area contributed by atoms with Crippen LogP contribution < -0.4 is 10.6 Å². The lowest BCUT2D eigenvalue weighted by molar-refractivity contribution is 0.600. The first-order chi connectivity index (χ1) is 8.41. The standard InChI is InChI=1S/C11H16N4O2S/c1-15(8-4-6-18(16,17)7-8)11-9(10(12)13)3-2-5-14-11/h2-3,5,8H,4,6-7H2,1H3,(H3,12,13). The van der Waals surface area contributed by atoms with E-state index < -0.39 is 9.84 Å². The fraction of sp³-hybridized carbons (Fsp3) is 0.455. The van der Waals surface area contributed by atoms with Gasteiger partial charge in [-0.3, -0.25) is 5.41 Å². The van der Waals surface area contributed by atoms with E-state index in [9.17, 15) is 8.42 Å². The molecule has 1 aliphatic heterocycles. The highest BCUT2D eigenvalue weighted by molar-refractivity contribution is 7.91. The Morgan fingerprint density at radius 3 is 2.89 bits per heavy atom. The molecule has 1 aliphatic rings. The van der Waals surface area contributed by atoms with Crippen LogP contribution in [0.4, 0.5) is 5.82 Å². The lowest BCUT2D eigenvalue weighted by atomic mass is 10.2. The summed E-state index contributed by atoms with van der Waals surface area (Å²) in [4.78, 5) is 6.01. The molecule has 0 radical (unpaired) electrons. The predicted molar refractivity (Wildman–Crippen MR) is 70.7 cm³/mol. The van der Waals surface area contributed by atoms with Crippen molar-refractivity contribution in [2.75, 3.05) is 23.5 Å². The van der Waals surface area contributed by atoms with Crippen LogP contribution in [-0.4, -0.2) is 43.8 Å². The summed E-state index contributed by atoms with van der Waals surface area (Å²) in [5.74, 6) is 0.847. The molecule has 7 heteroatoms. The Bertz CT molecular complexity index is 570. The van der Waals surface area contributed by atoms with E-state index in [2.05, 4.69) is 4.98 Å². The summed E-state index contributed by atoms with van der Waals surface area (Å²) in [6.45, 7) is 0. The molecule has 18 heavy (non-hydrogen) atoms. The van der Waals surface area contributed by atoms with Crippen LogP contribution in [0.25, 0.3) is 0 Å². The SMILES string of the molecule is CN(c1ncccc1C(=N)N)C1CCS(=O)(=O)C1. The quantitative estimate of drug-likeness (QED) is 0.593. The van der Waals surface area contributed by atoms with Gasteiger partial charge in [0.05, 0.1) is 17.1 Å². The number of amidine groups is 1. The number of nitrogens with zero attached hydrogens (tertiary/aromatic N) is 2. The van der Waals surface area contributed by atoms with Crippen molar-refractivity contribution < 1.29 is 8.42 Å². The van der Waals surface area contributed by atoms with Gasteiger partial charge in [0, 0.05) is 19.3 Å². The largest absolute Gasteiger partial charge is 0.384 e. The van der Waals surface area contributed by atoms with Crippen molar-refractivity contribution in [3.05, 3.63) is 23.9 Å². The summed E-state index contributed by atoms with van der Waals surface area (Å²) in [6, 6.07) is 3.33. The third-order valence-corrected chi connectivity index (χ3v) is 4.92. The van der Waals surface area contributed by atoms with E-state index in [0.717, 1.165) is 0 Å². The summed E-state index contributed by atoms with van der Waals surface area (Å²) >= 11 is 0. The number of nitrogens with one attached hydrogen (secondary N) is 1. The first-order valence-corrected chi connectivity index (χ1v) is 7.45. The number of hydrogen-bond acceptors (Lipinski definition) is 5. The summed E-state index contributed by atoms with van der Waals surface area (Å²) in [5.41, 5.74) is 6.03. The minimum atomic E-state index is -2.94. The lowest BCUT2D eigenvalue weighted by Crippen LogP contribution is -2.34. The number of sulfone groups is 1. The van der Waals surface area contributed by atoms with E-state index in [0.29, 0.717) is 17.8 Å². The molecule has 0 aromatic carbocycles. The molecule has 1 saturated heterocycles. The molecular weight excluding hydrogens is 252 g/mol. The van der Waals surface area contributed by atoms with Crippen LogP contribution in [0, 0.1) is 5.41 Å². The van der Waals surface area contributed by atoms with Gasteiger partial charge in [-0.25, -0.2) is 13.4 Å². The van der Waals surface area contributed by atoms with Gasteiger partial charge in [-0.05, 0) is 18.6 Å². The van der Waals surface area contributed by atoms with E-state index in [4.69, 9.17) is 11.1 Å². The Labute approximate surface area is 106 Å². The molecule has 0 spiro atoms. The van der Waals surface area contributed by atoms with Crippen molar-refractivity contribution in [1.29, 1.82) is 5.41 Å². The van der Waals surface area contributed by atoms with Gasteiger partial charge in [0.2, 0.25) is 0 Å². The Morgan fingerprint density at radius 1 is 1.61 bits per heavy atom. The van der Waals surface area contributed by atoms with Crippen LogP contribution in [0.2, 0.25) is 0 Å². The third kappa shape index (κ3) is 2.45. The monoisotopic (exact) mass is 268 g/mol. The van der Waals surface area contributed by atoms with E-state index in [1.54, 1.807) is 30.3 Å². The van der Waals surface area contributed by atoms with Crippen LogP contribution in [0.1, 0.15) is 12.0 Å². The molecule has 1 fully saturated rings. The van der Waals surface area contributed by atoms with Gasteiger partial charge in [0.25, 0.3) is 0 Å². The Morgan fingerprint density at radius 2 is 2.33 bits per heavy atom. The van der Waals surface area contributed by atoms with Crippen LogP contribution in [-0.2, 0) is 9.84 Å². The molecule has 2 rings (SSSR count). The van der Waals surface area contributed by atoms with Crippen LogP contribution in [0.5, 0.6) is 0 Å². The highest BCUT2D eigenvalue weighted by Gasteiger charge is 2.32. The highest BCUT2D eigenvalue weighted by Crippen LogP contribution is 2.23. The van der Waals surface area contributed by atoms with E-state index >= 15 is 0 Å². The number of hydrogen-bond donors (Lipinski definition) is 2. The van der Waals surface area contributed by atoms with Crippen molar-refractivity contribution in [1.82, 2.24) is 4.98 Å².